The molecular formula is C34H58O. The van der Waals surface area contributed by atoms with Gasteiger partial charge in [-0.05, 0) is 115 Å². The van der Waals surface area contributed by atoms with Gasteiger partial charge in [0.15, 0.2) is 0 Å². The Bertz CT molecular complexity index is 862. The van der Waals surface area contributed by atoms with E-state index >= 15 is 0 Å². The lowest BCUT2D eigenvalue weighted by atomic mass is 9.41. The molecule has 0 spiro atoms. The second-order valence-corrected chi connectivity index (χ2v) is 15.6. The summed E-state index contributed by atoms with van der Waals surface area (Å²) < 4.78 is 6.03. The van der Waals surface area contributed by atoms with Crippen LogP contribution in [0.15, 0.2) is 23.8 Å². The Morgan fingerprint density at radius 2 is 1.69 bits per heavy atom. The summed E-state index contributed by atoms with van der Waals surface area (Å²) in [5, 5.41) is 0. The van der Waals surface area contributed by atoms with E-state index in [9.17, 15) is 0 Å². The summed E-state index contributed by atoms with van der Waals surface area (Å²) in [5.74, 6) is 3.80. The van der Waals surface area contributed by atoms with Crippen molar-refractivity contribution in [1.29, 1.82) is 0 Å². The Hall–Kier alpha value is -0.560. The van der Waals surface area contributed by atoms with Crippen LogP contribution in [0.3, 0.4) is 0 Å². The lowest BCUT2D eigenvalue weighted by Crippen LogP contribution is -2.58. The predicted octanol–water partition coefficient (Wildman–Crippen LogP) is 9.87. The van der Waals surface area contributed by atoms with Crippen molar-refractivity contribution in [2.75, 3.05) is 7.11 Å². The van der Waals surface area contributed by atoms with Gasteiger partial charge >= 0.3 is 0 Å². The molecule has 3 fully saturated rings. The third kappa shape index (κ3) is 3.79. The molecule has 4 aliphatic rings. The number of methoxy groups -OCH3 is 1. The normalized spacial score (nSPS) is 44.5. The van der Waals surface area contributed by atoms with Crippen LogP contribution in [0.4, 0.5) is 0 Å². The molecule has 0 heterocycles. The second kappa shape index (κ2) is 8.74. The number of hydrogen-bond acceptors (Lipinski definition) is 1. The highest BCUT2D eigenvalue weighted by molar-refractivity contribution is 5.32. The van der Waals surface area contributed by atoms with Gasteiger partial charge in [-0.15, -0.1) is 0 Å². The molecule has 4 aliphatic carbocycles. The van der Waals surface area contributed by atoms with Gasteiger partial charge < -0.3 is 4.74 Å². The van der Waals surface area contributed by atoms with Gasteiger partial charge in [0.2, 0.25) is 0 Å². The summed E-state index contributed by atoms with van der Waals surface area (Å²) in [6.45, 7) is 29.5. The fraction of sp³-hybridized carbons (Fsp3) is 0.882. The highest BCUT2D eigenvalue weighted by Crippen LogP contribution is 2.73. The monoisotopic (exact) mass is 482 g/mol. The summed E-state index contributed by atoms with van der Waals surface area (Å²) in [6, 6.07) is 0. The molecule has 9 unspecified atom stereocenters. The third-order valence-corrected chi connectivity index (χ3v) is 13.8. The summed E-state index contributed by atoms with van der Waals surface area (Å²) in [4.78, 5) is 0. The van der Waals surface area contributed by atoms with E-state index in [4.69, 9.17) is 4.74 Å². The van der Waals surface area contributed by atoms with E-state index in [1.165, 1.54) is 56.9 Å². The van der Waals surface area contributed by atoms with Crippen LogP contribution >= 0.6 is 0 Å². The topological polar surface area (TPSA) is 9.23 Å². The molecule has 200 valence electrons. The molecule has 0 N–H and O–H groups in total. The Balaban J connectivity index is 1.62. The van der Waals surface area contributed by atoms with E-state index in [2.05, 4.69) is 81.9 Å². The van der Waals surface area contributed by atoms with Crippen LogP contribution in [-0.2, 0) is 4.74 Å². The second-order valence-electron chi connectivity index (χ2n) is 15.6. The minimum Gasteiger partial charge on any atom is -0.381 e. The Labute approximate surface area is 218 Å². The molecule has 0 bridgehead atoms. The molecule has 0 saturated heterocycles. The van der Waals surface area contributed by atoms with Crippen molar-refractivity contribution in [3.63, 3.8) is 0 Å². The fourth-order valence-corrected chi connectivity index (χ4v) is 10.5. The van der Waals surface area contributed by atoms with E-state index in [1.54, 1.807) is 0 Å². The molecule has 1 heteroatoms. The van der Waals surface area contributed by atoms with Crippen molar-refractivity contribution < 1.29 is 4.74 Å². The van der Waals surface area contributed by atoms with Crippen LogP contribution in [0.1, 0.15) is 121 Å². The quantitative estimate of drug-likeness (QED) is 0.342. The predicted molar refractivity (Wildman–Crippen MR) is 151 cm³/mol. The van der Waals surface area contributed by atoms with Crippen LogP contribution in [0.2, 0.25) is 0 Å². The van der Waals surface area contributed by atoms with Crippen molar-refractivity contribution >= 4 is 0 Å². The molecule has 35 heavy (non-hydrogen) atoms. The molecule has 3 saturated carbocycles. The SMILES string of the molecule is C=C(C)C(C)(C)C(C)CC(C)C1CCC2(C)C3CCC4C(C)(CCC(OC)C4(C)C)C3=CCC12C. The number of allylic oxidation sites excluding steroid dienone is 3. The molecule has 9 atom stereocenters. The molecule has 0 aromatic rings. The average molecular weight is 483 g/mol. The number of hydrogen-bond donors (Lipinski definition) is 0. The Morgan fingerprint density at radius 3 is 2.29 bits per heavy atom. The van der Waals surface area contributed by atoms with Gasteiger partial charge in [0.25, 0.3) is 0 Å². The Morgan fingerprint density at radius 1 is 1.03 bits per heavy atom. The van der Waals surface area contributed by atoms with Crippen molar-refractivity contribution in [3.05, 3.63) is 23.8 Å². The smallest absolute Gasteiger partial charge is 0.0625 e. The summed E-state index contributed by atoms with van der Waals surface area (Å²) in [5.41, 5.74) is 4.90. The van der Waals surface area contributed by atoms with Gasteiger partial charge in [-0.25, -0.2) is 0 Å². The van der Waals surface area contributed by atoms with E-state index < -0.39 is 0 Å². The molecule has 0 radical (unpaired) electrons. The Kier molecular flexibility index (Phi) is 6.86. The lowest BCUT2D eigenvalue weighted by Gasteiger charge is -2.64. The van der Waals surface area contributed by atoms with E-state index in [0.29, 0.717) is 28.3 Å². The first-order valence-electron chi connectivity index (χ1n) is 15.0. The average Bonchev–Trinajstić information content (AvgIpc) is 3.04. The first-order chi connectivity index (χ1) is 16.1. The van der Waals surface area contributed by atoms with Gasteiger partial charge in [-0.2, -0.15) is 0 Å². The fourth-order valence-electron chi connectivity index (χ4n) is 10.5. The first kappa shape index (κ1) is 27.5. The van der Waals surface area contributed by atoms with Crippen molar-refractivity contribution in [3.8, 4) is 0 Å². The zero-order chi connectivity index (χ0) is 26.2. The molecule has 0 amide bonds. The summed E-state index contributed by atoms with van der Waals surface area (Å²) in [7, 11) is 1.94. The van der Waals surface area contributed by atoms with E-state index in [-0.39, 0.29) is 10.8 Å². The van der Waals surface area contributed by atoms with Crippen LogP contribution in [0.5, 0.6) is 0 Å². The van der Waals surface area contributed by atoms with Crippen LogP contribution in [0.25, 0.3) is 0 Å². The van der Waals surface area contributed by atoms with Crippen molar-refractivity contribution in [2.24, 2.45) is 56.7 Å². The molecule has 0 aromatic carbocycles. The third-order valence-electron chi connectivity index (χ3n) is 13.8. The molecule has 1 nitrogen and oxygen atoms in total. The zero-order valence-electron chi connectivity index (χ0n) is 25.3. The minimum absolute atomic E-state index is 0.220. The van der Waals surface area contributed by atoms with E-state index in [1.807, 2.05) is 12.7 Å². The summed E-state index contributed by atoms with van der Waals surface area (Å²) >= 11 is 0. The van der Waals surface area contributed by atoms with Gasteiger partial charge in [-0.1, -0.05) is 86.1 Å². The maximum Gasteiger partial charge on any atom is 0.0625 e. The maximum atomic E-state index is 6.03. The molecular weight excluding hydrogens is 424 g/mol. The lowest BCUT2D eigenvalue weighted by molar-refractivity contribution is -0.130. The van der Waals surface area contributed by atoms with Gasteiger partial charge in [0.1, 0.15) is 0 Å². The zero-order valence-corrected chi connectivity index (χ0v) is 25.3. The van der Waals surface area contributed by atoms with Gasteiger partial charge in [0, 0.05) is 7.11 Å². The van der Waals surface area contributed by atoms with Gasteiger partial charge in [0.05, 0.1) is 6.10 Å². The van der Waals surface area contributed by atoms with Crippen LogP contribution in [0, 0.1) is 56.7 Å². The highest BCUT2D eigenvalue weighted by atomic mass is 16.5. The van der Waals surface area contributed by atoms with Crippen molar-refractivity contribution in [2.45, 2.75) is 127 Å². The van der Waals surface area contributed by atoms with Gasteiger partial charge in [-0.3, -0.25) is 0 Å². The van der Waals surface area contributed by atoms with E-state index in [0.717, 1.165) is 23.7 Å². The van der Waals surface area contributed by atoms with Crippen molar-refractivity contribution in [1.82, 2.24) is 0 Å². The maximum absolute atomic E-state index is 6.03. The largest absolute Gasteiger partial charge is 0.381 e. The number of rotatable bonds is 6. The summed E-state index contributed by atoms with van der Waals surface area (Å²) in [6.07, 6.45) is 13.9. The molecule has 4 rings (SSSR count). The first-order valence-corrected chi connectivity index (χ1v) is 15.0. The molecule has 0 aromatic heterocycles. The number of fused-ring (bicyclic) bond motifs is 5. The van der Waals surface area contributed by atoms with Crippen LogP contribution < -0.4 is 0 Å². The van der Waals surface area contributed by atoms with Crippen LogP contribution in [-0.4, -0.2) is 13.2 Å². The standard InChI is InChI=1S/C34H58O/c1-22(2)30(5,6)24(4)21-23(3)25-15-19-34(11)27-13-14-28-31(7,8)29(35-12)17-18-32(28,9)26(27)16-20-33(25,34)10/h16,23-25,27-29H,1,13-15,17-21H2,2-12H3. The number of ether oxygens (including phenoxy) is 1. The molecule has 0 aliphatic heterocycles. The minimum atomic E-state index is 0.220. The highest BCUT2D eigenvalue weighted by Gasteiger charge is 2.65.